The Labute approximate surface area is 112 Å². The number of fused-ring (bicyclic) bond motifs is 1. The van der Waals surface area contributed by atoms with Crippen LogP contribution in [-0.2, 0) is 6.42 Å². The summed E-state index contributed by atoms with van der Waals surface area (Å²) in [6, 6.07) is 8.15. The highest BCUT2D eigenvalue weighted by Gasteiger charge is 2.14. The average Bonchev–Trinajstić information content (AvgIpc) is 2.94. The summed E-state index contributed by atoms with van der Waals surface area (Å²) >= 11 is 0. The molecular weight excluding hydrogens is 238 g/mol. The van der Waals surface area contributed by atoms with Gasteiger partial charge in [0.1, 0.15) is 11.6 Å². The highest BCUT2D eigenvalue weighted by molar-refractivity contribution is 5.62. The highest BCUT2D eigenvalue weighted by Crippen LogP contribution is 2.29. The van der Waals surface area contributed by atoms with E-state index < -0.39 is 0 Å². The van der Waals surface area contributed by atoms with Crippen LogP contribution in [0.2, 0.25) is 0 Å². The minimum absolute atomic E-state index is 0.178. The van der Waals surface area contributed by atoms with E-state index in [0.29, 0.717) is 6.54 Å². The summed E-state index contributed by atoms with van der Waals surface area (Å²) in [7, 11) is 0. The summed E-state index contributed by atoms with van der Waals surface area (Å²) in [6.07, 6.45) is 2.77. The molecule has 0 amide bonds. The molecule has 1 unspecified atom stereocenters. The third kappa shape index (κ3) is 2.31. The number of rotatable bonds is 3. The number of hydrogen-bond donors (Lipinski definition) is 1. The number of benzene rings is 1. The van der Waals surface area contributed by atoms with E-state index >= 15 is 0 Å². The average molecular weight is 255 g/mol. The third-order valence-electron chi connectivity index (χ3n) is 3.45. The van der Waals surface area contributed by atoms with Crippen LogP contribution in [0.25, 0.3) is 11.3 Å². The predicted octanol–water partition coefficient (Wildman–Crippen LogP) is 2.14. The van der Waals surface area contributed by atoms with Gasteiger partial charge in [-0.25, -0.2) is 9.97 Å². The molecule has 0 spiro atoms. The molecule has 19 heavy (non-hydrogen) atoms. The predicted molar refractivity (Wildman–Crippen MR) is 74.1 cm³/mol. The van der Waals surface area contributed by atoms with Crippen LogP contribution >= 0.6 is 0 Å². The summed E-state index contributed by atoms with van der Waals surface area (Å²) in [5.41, 5.74) is 8.98. The highest BCUT2D eigenvalue weighted by atomic mass is 16.5. The van der Waals surface area contributed by atoms with Crippen LogP contribution in [-0.4, -0.2) is 23.1 Å². The summed E-state index contributed by atoms with van der Waals surface area (Å²) in [5.74, 6) is 1.97. The van der Waals surface area contributed by atoms with E-state index in [-0.39, 0.29) is 5.92 Å². The van der Waals surface area contributed by atoms with Gasteiger partial charge < -0.3 is 10.5 Å². The lowest BCUT2D eigenvalue weighted by molar-refractivity contribution is 0.357. The second-order valence-electron chi connectivity index (χ2n) is 4.86. The maximum Gasteiger partial charge on any atom is 0.133 e. The van der Waals surface area contributed by atoms with Crippen molar-refractivity contribution in [1.82, 2.24) is 9.97 Å². The Hall–Kier alpha value is -1.94. The summed E-state index contributed by atoms with van der Waals surface area (Å²) in [5, 5.41) is 0. The molecule has 4 heteroatoms. The van der Waals surface area contributed by atoms with Gasteiger partial charge in [0.15, 0.2) is 0 Å². The molecular formula is C15H17N3O. The summed E-state index contributed by atoms with van der Waals surface area (Å²) in [4.78, 5) is 8.90. The molecule has 0 bridgehead atoms. The molecule has 2 aromatic rings. The van der Waals surface area contributed by atoms with Crippen LogP contribution in [0, 0.1) is 0 Å². The molecule has 1 aromatic heterocycles. The summed E-state index contributed by atoms with van der Waals surface area (Å²) < 4.78 is 5.52. The number of ether oxygens (including phenoxy) is 1. The van der Waals surface area contributed by atoms with Gasteiger partial charge in [0.05, 0.1) is 12.3 Å². The van der Waals surface area contributed by atoms with Crippen LogP contribution in [0.15, 0.2) is 30.5 Å². The molecule has 1 aromatic carbocycles. The van der Waals surface area contributed by atoms with E-state index in [1.807, 2.05) is 25.1 Å². The Morgan fingerprint density at radius 2 is 2.26 bits per heavy atom. The SMILES string of the molecule is CC(CN)c1nccc(-c2ccc3c(c2)CCO3)n1. The topological polar surface area (TPSA) is 61.0 Å². The lowest BCUT2D eigenvalue weighted by Crippen LogP contribution is -2.12. The van der Waals surface area contributed by atoms with Crippen molar-refractivity contribution in [3.8, 4) is 17.0 Å². The Morgan fingerprint density at radius 1 is 1.37 bits per heavy atom. The van der Waals surface area contributed by atoms with E-state index in [1.165, 1.54) is 5.56 Å². The second kappa shape index (κ2) is 4.97. The molecule has 98 valence electrons. The molecule has 0 fully saturated rings. The molecule has 0 radical (unpaired) electrons. The fourth-order valence-corrected chi connectivity index (χ4v) is 2.22. The number of aromatic nitrogens is 2. The maximum absolute atomic E-state index is 5.67. The van der Waals surface area contributed by atoms with E-state index in [1.54, 1.807) is 6.20 Å². The number of nitrogens with zero attached hydrogens (tertiary/aromatic N) is 2. The second-order valence-corrected chi connectivity index (χ2v) is 4.86. The zero-order valence-corrected chi connectivity index (χ0v) is 11.0. The van der Waals surface area contributed by atoms with Crippen LogP contribution in [0.1, 0.15) is 24.2 Å². The standard InChI is InChI=1S/C15H17N3O/c1-10(9-16)15-17-6-4-13(18-15)11-2-3-14-12(8-11)5-7-19-14/h2-4,6,8,10H,5,7,9,16H2,1H3. The zero-order valence-electron chi connectivity index (χ0n) is 11.0. The number of nitrogens with two attached hydrogens (primary N) is 1. The van der Waals surface area contributed by atoms with Gasteiger partial charge >= 0.3 is 0 Å². The van der Waals surface area contributed by atoms with Crippen molar-refractivity contribution in [1.29, 1.82) is 0 Å². The molecule has 2 N–H and O–H groups in total. The van der Waals surface area contributed by atoms with Gasteiger partial charge in [-0.15, -0.1) is 0 Å². The first-order valence-electron chi connectivity index (χ1n) is 6.57. The number of hydrogen-bond acceptors (Lipinski definition) is 4. The van der Waals surface area contributed by atoms with Gasteiger partial charge in [-0.3, -0.25) is 0 Å². The Bertz CT molecular complexity index is 598. The molecule has 4 nitrogen and oxygen atoms in total. The minimum atomic E-state index is 0.178. The Morgan fingerprint density at radius 3 is 3.11 bits per heavy atom. The van der Waals surface area contributed by atoms with E-state index in [4.69, 9.17) is 10.5 Å². The first-order chi connectivity index (χ1) is 9.28. The molecule has 0 saturated heterocycles. The van der Waals surface area contributed by atoms with Crippen molar-refractivity contribution in [2.45, 2.75) is 19.3 Å². The monoisotopic (exact) mass is 255 g/mol. The molecule has 3 rings (SSSR count). The minimum Gasteiger partial charge on any atom is -0.493 e. The van der Waals surface area contributed by atoms with Gasteiger partial charge in [-0.05, 0) is 29.8 Å². The maximum atomic E-state index is 5.67. The van der Waals surface area contributed by atoms with Crippen molar-refractivity contribution in [3.05, 3.63) is 41.9 Å². The van der Waals surface area contributed by atoms with Gasteiger partial charge in [-0.1, -0.05) is 6.92 Å². The quantitative estimate of drug-likeness (QED) is 0.912. The largest absolute Gasteiger partial charge is 0.493 e. The molecule has 1 aliphatic rings. The normalized spacial score (nSPS) is 14.8. The van der Waals surface area contributed by atoms with Crippen LogP contribution in [0.5, 0.6) is 5.75 Å². The van der Waals surface area contributed by atoms with Crippen molar-refractivity contribution in [2.24, 2.45) is 5.73 Å². The molecule has 0 saturated carbocycles. The third-order valence-corrected chi connectivity index (χ3v) is 3.45. The zero-order chi connectivity index (χ0) is 13.2. The van der Waals surface area contributed by atoms with E-state index in [9.17, 15) is 0 Å². The smallest absolute Gasteiger partial charge is 0.133 e. The van der Waals surface area contributed by atoms with Crippen LogP contribution in [0.3, 0.4) is 0 Å². The Balaban J connectivity index is 1.98. The fourth-order valence-electron chi connectivity index (χ4n) is 2.22. The lowest BCUT2D eigenvalue weighted by atomic mass is 10.1. The van der Waals surface area contributed by atoms with Crippen LogP contribution < -0.4 is 10.5 Å². The fraction of sp³-hybridized carbons (Fsp3) is 0.333. The van der Waals surface area contributed by atoms with Crippen LogP contribution in [0.4, 0.5) is 0 Å². The molecule has 0 aliphatic carbocycles. The van der Waals surface area contributed by atoms with Crippen molar-refractivity contribution in [2.75, 3.05) is 13.2 Å². The van der Waals surface area contributed by atoms with Crippen molar-refractivity contribution in [3.63, 3.8) is 0 Å². The van der Waals surface area contributed by atoms with Crippen molar-refractivity contribution >= 4 is 0 Å². The van der Waals surface area contributed by atoms with Gasteiger partial charge in [-0.2, -0.15) is 0 Å². The van der Waals surface area contributed by atoms with Crippen molar-refractivity contribution < 1.29 is 4.74 Å². The van der Waals surface area contributed by atoms with Gasteiger partial charge in [0.2, 0.25) is 0 Å². The molecule has 1 aliphatic heterocycles. The summed E-state index contributed by atoms with van der Waals surface area (Å²) in [6.45, 7) is 3.37. The van der Waals surface area contributed by atoms with E-state index in [0.717, 1.165) is 35.9 Å². The first kappa shape index (κ1) is 12.1. The van der Waals surface area contributed by atoms with Gasteiger partial charge in [0, 0.05) is 30.6 Å². The molecule has 1 atom stereocenters. The van der Waals surface area contributed by atoms with E-state index in [2.05, 4.69) is 16.0 Å². The molecule has 2 heterocycles. The first-order valence-corrected chi connectivity index (χ1v) is 6.57. The lowest BCUT2D eigenvalue weighted by Gasteiger charge is -2.09. The Kier molecular flexibility index (Phi) is 3.17. The van der Waals surface area contributed by atoms with Gasteiger partial charge in [0.25, 0.3) is 0 Å².